The van der Waals surface area contributed by atoms with Crippen molar-refractivity contribution in [2.75, 3.05) is 0 Å². The van der Waals surface area contributed by atoms with E-state index in [9.17, 15) is 13.2 Å². The average molecular weight is 225 g/mol. The van der Waals surface area contributed by atoms with E-state index in [2.05, 4.69) is 16.3 Å². The summed E-state index contributed by atoms with van der Waals surface area (Å²) in [5.74, 6) is 0. The van der Waals surface area contributed by atoms with Crippen LogP contribution in [0.25, 0.3) is 11.1 Å². The molecule has 1 aromatic heterocycles. The Morgan fingerprint density at radius 2 is 2.06 bits per heavy atom. The van der Waals surface area contributed by atoms with Crippen LogP contribution >= 0.6 is 0 Å². The Hall–Kier alpha value is -1.78. The van der Waals surface area contributed by atoms with Crippen molar-refractivity contribution < 1.29 is 13.2 Å². The van der Waals surface area contributed by atoms with Crippen molar-refractivity contribution >= 4 is 0 Å². The SMILES string of the molecule is Cc1[c]cc(-c2c[nH]nc2C(F)(F)F)cc1. The van der Waals surface area contributed by atoms with E-state index in [-0.39, 0.29) is 5.56 Å². The molecule has 1 radical (unpaired) electrons. The van der Waals surface area contributed by atoms with Gasteiger partial charge < -0.3 is 0 Å². The Morgan fingerprint density at radius 1 is 1.31 bits per heavy atom. The van der Waals surface area contributed by atoms with Crippen LogP contribution < -0.4 is 0 Å². The molecule has 0 saturated heterocycles. The summed E-state index contributed by atoms with van der Waals surface area (Å²) in [6, 6.07) is 7.71. The third-order valence-corrected chi connectivity index (χ3v) is 2.19. The second kappa shape index (κ2) is 3.66. The lowest BCUT2D eigenvalue weighted by Crippen LogP contribution is -2.07. The Bertz CT molecular complexity index is 483. The predicted octanol–water partition coefficient (Wildman–Crippen LogP) is 3.20. The Morgan fingerprint density at radius 3 is 2.62 bits per heavy atom. The lowest BCUT2D eigenvalue weighted by atomic mass is 10.0. The lowest BCUT2D eigenvalue weighted by Gasteiger charge is -2.06. The lowest BCUT2D eigenvalue weighted by molar-refractivity contribution is -0.140. The van der Waals surface area contributed by atoms with Gasteiger partial charge in [0.15, 0.2) is 5.69 Å². The van der Waals surface area contributed by atoms with Gasteiger partial charge in [0.1, 0.15) is 0 Å². The molecule has 0 unspecified atom stereocenters. The number of benzene rings is 1. The van der Waals surface area contributed by atoms with Crippen LogP contribution in [-0.4, -0.2) is 10.2 Å². The van der Waals surface area contributed by atoms with Crippen LogP contribution in [0.15, 0.2) is 24.4 Å². The summed E-state index contributed by atoms with van der Waals surface area (Å²) >= 11 is 0. The van der Waals surface area contributed by atoms with E-state index in [0.717, 1.165) is 5.56 Å². The number of H-pyrrole nitrogens is 1. The van der Waals surface area contributed by atoms with Gasteiger partial charge in [-0.3, -0.25) is 5.10 Å². The number of alkyl halides is 3. The fourth-order valence-electron chi connectivity index (χ4n) is 1.40. The highest BCUT2D eigenvalue weighted by molar-refractivity contribution is 5.65. The molecule has 0 aliphatic carbocycles. The van der Waals surface area contributed by atoms with Crippen molar-refractivity contribution in [3.63, 3.8) is 0 Å². The van der Waals surface area contributed by atoms with E-state index in [4.69, 9.17) is 0 Å². The number of nitrogens with zero attached hydrogens (tertiary/aromatic N) is 1. The highest BCUT2D eigenvalue weighted by atomic mass is 19.4. The number of rotatable bonds is 1. The average Bonchev–Trinajstić information content (AvgIpc) is 2.66. The Balaban J connectivity index is 2.49. The van der Waals surface area contributed by atoms with Gasteiger partial charge in [-0.2, -0.15) is 18.3 Å². The van der Waals surface area contributed by atoms with Gasteiger partial charge in [-0.15, -0.1) is 0 Å². The summed E-state index contributed by atoms with van der Waals surface area (Å²) < 4.78 is 37.7. The van der Waals surface area contributed by atoms with Gasteiger partial charge in [-0.05, 0) is 30.2 Å². The van der Waals surface area contributed by atoms with Gasteiger partial charge >= 0.3 is 6.18 Å². The predicted molar refractivity (Wildman–Crippen MR) is 52.6 cm³/mol. The summed E-state index contributed by atoms with van der Waals surface area (Å²) in [6.45, 7) is 1.82. The number of hydrogen-bond acceptors (Lipinski definition) is 1. The standard InChI is InChI=1S/C11H8F3N2/c1-7-2-4-8(5-3-7)9-6-15-16-10(9)11(12,13)14/h2,4-6H,1H3,(H,15,16). The molecule has 5 heteroatoms. The summed E-state index contributed by atoms with van der Waals surface area (Å²) in [4.78, 5) is 0. The van der Waals surface area contributed by atoms with Gasteiger partial charge in [-0.1, -0.05) is 12.1 Å². The quantitative estimate of drug-likeness (QED) is 0.793. The number of aromatic amines is 1. The summed E-state index contributed by atoms with van der Waals surface area (Å²) in [5, 5.41) is 5.46. The second-order valence-corrected chi connectivity index (χ2v) is 3.41. The largest absolute Gasteiger partial charge is 0.435 e. The molecule has 2 rings (SSSR count). The molecule has 0 bridgehead atoms. The first-order valence-corrected chi connectivity index (χ1v) is 4.58. The maximum Gasteiger partial charge on any atom is 0.435 e. The Labute approximate surface area is 90.1 Å². The number of halogens is 3. The smallest absolute Gasteiger partial charge is 0.284 e. The zero-order valence-electron chi connectivity index (χ0n) is 8.39. The zero-order valence-corrected chi connectivity index (χ0v) is 8.39. The van der Waals surface area contributed by atoms with Crippen molar-refractivity contribution in [2.24, 2.45) is 0 Å². The van der Waals surface area contributed by atoms with E-state index < -0.39 is 11.9 Å². The van der Waals surface area contributed by atoms with Crippen LogP contribution in [0.5, 0.6) is 0 Å². The minimum absolute atomic E-state index is 0.0451. The van der Waals surface area contributed by atoms with Gasteiger partial charge in [0.25, 0.3) is 0 Å². The first-order chi connectivity index (χ1) is 7.48. The molecular weight excluding hydrogens is 217 g/mol. The maximum absolute atomic E-state index is 12.6. The fourth-order valence-corrected chi connectivity index (χ4v) is 1.40. The summed E-state index contributed by atoms with van der Waals surface area (Å²) in [7, 11) is 0. The van der Waals surface area contributed by atoms with Gasteiger partial charge in [0.05, 0.1) is 0 Å². The molecule has 0 atom stereocenters. The molecule has 2 nitrogen and oxygen atoms in total. The van der Waals surface area contributed by atoms with Crippen LogP contribution in [0, 0.1) is 13.0 Å². The van der Waals surface area contributed by atoms with Crippen molar-refractivity contribution in [2.45, 2.75) is 13.1 Å². The highest BCUT2D eigenvalue weighted by Crippen LogP contribution is 2.35. The number of aryl methyl sites for hydroxylation is 1. The Kier molecular flexibility index (Phi) is 2.46. The van der Waals surface area contributed by atoms with Crippen LogP contribution in [0.1, 0.15) is 11.3 Å². The molecule has 0 aliphatic heterocycles. The fraction of sp³-hybridized carbons (Fsp3) is 0.182. The molecule has 1 aromatic carbocycles. The minimum atomic E-state index is -4.44. The molecule has 1 heterocycles. The zero-order chi connectivity index (χ0) is 11.8. The molecule has 0 aliphatic rings. The van der Waals surface area contributed by atoms with E-state index in [0.29, 0.717) is 5.56 Å². The number of hydrogen-bond donors (Lipinski definition) is 1. The topological polar surface area (TPSA) is 28.7 Å². The van der Waals surface area contributed by atoms with Gasteiger partial charge in [-0.25, -0.2) is 0 Å². The van der Waals surface area contributed by atoms with Crippen molar-refractivity contribution in [1.82, 2.24) is 10.2 Å². The molecule has 2 aromatic rings. The first kappa shape index (κ1) is 10.7. The monoisotopic (exact) mass is 225 g/mol. The molecule has 0 spiro atoms. The van der Waals surface area contributed by atoms with Crippen molar-refractivity contribution in [1.29, 1.82) is 0 Å². The molecule has 0 fully saturated rings. The number of aromatic nitrogens is 2. The first-order valence-electron chi connectivity index (χ1n) is 4.58. The third-order valence-electron chi connectivity index (χ3n) is 2.19. The minimum Gasteiger partial charge on any atom is -0.284 e. The summed E-state index contributed by atoms with van der Waals surface area (Å²) in [6.07, 6.45) is -3.21. The molecule has 1 N–H and O–H groups in total. The van der Waals surface area contributed by atoms with E-state index in [1.54, 1.807) is 12.1 Å². The second-order valence-electron chi connectivity index (χ2n) is 3.41. The van der Waals surface area contributed by atoms with Gasteiger partial charge in [0.2, 0.25) is 0 Å². The molecular formula is C11H8F3N2. The van der Waals surface area contributed by atoms with Crippen LogP contribution in [-0.2, 0) is 6.18 Å². The van der Waals surface area contributed by atoms with E-state index in [1.165, 1.54) is 12.3 Å². The van der Waals surface area contributed by atoms with Crippen molar-refractivity contribution in [3.05, 3.63) is 41.7 Å². The maximum atomic E-state index is 12.6. The normalized spacial score (nSPS) is 11.8. The van der Waals surface area contributed by atoms with E-state index >= 15 is 0 Å². The molecule has 16 heavy (non-hydrogen) atoms. The highest BCUT2D eigenvalue weighted by Gasteiger charge is 2.36. The third kappa shape index (κ3) is 1.93. The number of nitrogens with one attached hydrogen (secondary N) is 1. The summed E-state index contributed by atoms with van der Waals surface area (Å²) in [5.41, 5.74) is 0.473. The molecule has 83 valence electrons. The van der Waals surface area contributed by atoms with Crippen molar-refractivity contribution in [3.8, 4) is 11.1 Å². The van der Waals surface area contributed by atoms with Crippen LogP contribution in [0.3, 0.4) is 0 Å². The molecule has 0 saturated carbocycles. The van der Waals surface area contributed by atoms with Crippen LogP contribution in [0.2, 0.25) is 0 Å². The molecule has 0 amide bonds. The van der Waals surface area contributed by atoms with E-state index in [1.807, 2.05) is 6.92 Å². The van der Waals surface area contributed by atoms with Gasteiger partial charge in [0, 0.05) is 11.8 Å². The van der Waals surface area contributed by atoms with Crippen LogP contribution in [0.4, 0.5) is 13.2 Å².